The van der Waals surface area contributed by atoms with Crippen LogP contribution in [0.15, 0.2) is 10.4 Å². The second-order valence-corrected chi connectivity index (χ2v) is 6.20. The van der Waals surface area contributed by atoms with E-state index in [1.54, 1.807) is 0 Å². The van der Waals surface area contributed by atoms with Crippen molar-refractivity contribution >= 4 is 32.8 Å². The minimum atomic E-state index is -3.12. The molecule has 12 heavy (non-hydrogen) atoms. The van der Waals surface area contributed by atoms with Crippen LogP contribution < -0.4 is 0 Å². The minimum Gasteiger partial charge on any atom is -0.232 e. The molecule has 0 amide bonds. The zero-order valence-electron chi connectivity index (χ0n) is 6.45. The zero-order chi connectivity index (χ0) is 9.19. The Morgan fingerprint density at radius 1 is 1.67 bits per heavy atom. The number of aromatic nitrogens is 1. The first kappa shape index (κ1) is 9.95. The fourth-order valence-corrected chi connectivity index (χ4v) is 3.51. The van der Waals surface area contributed by atoms with E-state index in [4.69, 9.17) is 11.6 Å². The molecule has 0 aromatic carbocycles. The third-order valence-corrected chi connectivity index (χ3v) is 4.82. The van der Waals surface area contributed by atoms with Crippen LogP contribution >= 0.6 is 22.9 Å². The van der Waals surface area contributed by atoms with Crippen molar-refractivity contribution in [2.75, 3.05) is 5.75 Å². The summed E-state index contributed by atoms with van der Waals surface area (Å²) in [6, 6.07) is 0. The molecule has 0 bridgehead atoms. The summed E-state index contributed by atoms with van der Waals surface area (Å²) in [6.07, 6.45) is 1.91. The van der Waals surface area contributed by atoms with Gasteiger partial charge in [0, 0.05) is 0 Å². The molecular weight excluding hydrogens is 218 g/mol. The Hall–Kier alpha value is -0.130. The van der Waals surface area contributed by atoms with Crippen LogP contribution in [0, 0.1) is 0 Å². The highest BCUT2D eigenvalue weighted by atomic mass is 35.5. The Morgan fingerprint density at radius 2 is 2.33 bits per heavy atom. The van der Waals surface area contributed by atoms with Gasteiger partial charge in [0.05, 0.1) is 11.9 Å². The van der Waals surface area contributed by atoms with Crippen LogP contribution in [0.4, 0.5) is 0 Å². The largest absolute Gasteiger partial charge is 0.232 e. The number of halogens is 1. The molecule has 0 radical (unpaired) electrons. The van der Waals surface area contributed by atoms with Gasteiger partial charge in [-0.15, -0.1) is 0 Å². The van der Waals surface area contributed by atoms with Gasteiger partial charge >= 0.3 is 0 Å². The molecular formula is C6H8ClNO2S2. The molecule has 0 aliphatic heterocycles. The molecule has 1 aromatic rings. The first-order chi connectivity index (χ1) is 5.56. The number of nitrogens with zero attached hydrogens (tertiary/aromatic N) is 1. The van der Waals surface area contributed by atoms with E-state index in [-0.39, 0.29) is 14.4 Å². The van der Waals surface area contributed by atoms with E-state index >= 15 is 0 Å². The van der Waals surface area contributed by atoms with E-state index in [1.807, 2.05) is 6.92 Å². The predicted octanol–water partition coefficient (Wildman–Crippen LogP) is 1.98. The summed E-state index contributed by atoms with van der Waals surface area (Å²) in [5, 5.41) is 0. The van der Waals surface area contributed by atoms with Crippen molar-refractivity contribution in [3.8, 4) is 0 Å². The van der Waals surface area contributed by atoms with Gasteiger partial charge in [0.25, 0.3) is 0 Å². The highest BCUT2D eigenvalue weighted by Crippen LogP contribution is 2.23. The minimum absolute atomic E-state index is 0.158. The first-order valence-corrected chi connectivity index (χ1v) is 6.25. The van der Waals surface area contributed by atoms with Crippen molar-refractivity contribution < 1.29 is 8.42 Å². The Bertz CT molecular complexity index is 357. The third kappa shape index (κ3) is 2.18. The average molecular weight is 226 g/mol. The van der Waals surface area contributed by atoms with Gasteiger partial charge in [-0.05, 0) is 6.42 Å². The zero-order valence-corrected chi connectivity index (χ0v) is 8.84. The second kappa shape index (κ2) is 3.72. The lowest BCUT2D eigenvalue weighted by Gasteiger charge is -1.95. The Kier molecular flexibility index (Phi) is 3.09. The summed E-state index contributed by atoms with van der Waals surface area (Å²) in [7, 11) is -3.12. The van der Waals surface area contributed by atoms with E-state index < -0.39 is 9.84 Å². The van der Waals surface area contributed by atoms with Crippen molar-refractivity contribution in [1.82, 2.24) is 4.98 Å². The number of sulfone groups is 1. The molecule has 0 unspecified atom stereocenters. The Labute approximate surface area is 80.3 Å². The van der Waals surface area contributed by atoms with Crippen LogP contribution in [0.3, 0.4) is 0 Å². The molecule has 0 spiro atoms. The van der Waals surface area contributed by atoms with Crippen molar-refractivity contribution in [2.24, 2.45) is 0 Å². The Balaban J connectivity index is 2.98. The molecule has 1 rings (SSSR count). The maximum absolute atomic E-state index is 11.4. The van der Waals surface area contributed by atoms with Gasteiger partial charge in [0.2, 0.25) is 0 Å². The van der Waals surface area contributed by atoms with E-state index in [0.29, 0.717) is 6.42 Å². The van der Waals surface area contributed by atoms with Gasteiger partial charge in [-0.25, -0.2) is 13.4 Å². The number of hydrogen-bond acceptors (Lipinski definition) is 4. The second-order valence-electron chi connectivity index (χ2n) is 2.25. The van der Waals surface area contributed by atoms with Gasteiger partial charge in [0.15, 0.2) is 14.3 Å². The first-order valence-electron chi connectivity index (χ1n) is 3.40. The molecule has 0 fully saturated rings. The highest BCUT2D eigenvalue weighted by molar-refractivity contribution is 7.93. The fraction of sp³-hybridized carbons (Fsp3) is 0.500. The van der Waals surface area contributed by atoms with Crippen LogP contribution in [0.25, 0.3) is 0 Å². The molecule has 1 heterocycles. The van der Waals surface area contributed by atoms with Gasteiger partial charge in [-0.3, -0.25) is 0 Å². The molecule has 1 aromatic heterocycles. The monoisotopic (exact) mass is 225 g/mol. The summed E-state index contributed by atoms with van der Waals surface area (Å²) in [6.45, 7) is 1.82. The SMILES string of the molecule is CCCS(=O)(=O)c1cnc(Cl)s1. The fourth-order valence-electron chi connectivity index (χ4n) is 0.752. The van der Waals surface area contributed by atoms with Crippen molar-refractivity contribution in [2.45, 2.75) is 17.6 Å². The molecule has 0 saturated carbocycles. The topological polar surface area (TPSA) is 47.0 Å². The van der Waals surface area contributed by atoms with Crippen LogP contribution in [0.2, 0.25) is 4.47 Å². The Morgan fingerprint density at radius 3 is 2.75 bits per heavy atom. The van der Waals surface area contributed by atoms with E-state index in [2.05, 4.69) is 4.98 Å². The molecule has 0 saturated heterocycles. The normalized spacial score (nSPS) is 11.8. The summed E-state index contributed by atoms with van der Waals surface area (Å²) in [4.78, 5) is 3.67. The summed E-state index contributed by atoms with van der Waals surface area (Å²) >= 11 is 6.51. The van der Waals surface area contributed by atoms with Crippen LogP contribution in [-0.2, 0) is 9.84 Å². The quantitative estimate of drug-likeness (QED) is 0.791. The number of hydrogen-bond donors (Lipinski definition) is 0. The van der Waals surface area contributed by atoms with E-state index in [1.165, 1.54) is 6.20 Å². The van der Waals surface area contributed by atoms with Crippen LogP contribution in [-0.4, -0.2) is 19.2 Å². The molecule has 0 aliphatic carbocycles. The highest BCUT2D eigenvalue weighted by Gasteiger charge is 2.15. The predicted molar refractivity (Wildman–Crippen MR) is 49.5 cm³/mol. The standard InChI is InChI=1S/C6H8ClNO2S2/c1-2-3-12(9,10)5-4-8-6(7)11-5/h4H,2-3H2,1H3. The molecule has 68 valence electrons. The van der Waals surface area contributed by atoms with Gasteiger partial charge < -0.3 is 0 Å². The molecule has 3 nitrogen and oxygen atoms in total. The lowest BCUT2D eigenvalue weighted by molar-refractivity contribution is 0.596. The molecule has 0 N–H and O–H groups in total. The van der Waals surface area contributed by atoms with E-state index in [0.717, 1.165) is 11.3 Å². The smallest absolute Gasteiger partial charge is 0.189 e. The summed E-state index contributed by atoms with van der Waals surface area (Å²) in [5.74, 6) is 0.158. The molecule has 0 atom stereocenters. The van der Waals surface area contributed by atoms with E-state index in [9.17, 15) is 8.42 Å². The number of rotatable bonds is 3. The van der Waals surface area contributed by atoms with Crippen LogP contribution in [0.5, 0.6) is 0 Å². The average Bonchev–Trinajstić information content (AvgIpc) is 2.36. The lowest BCUT2D eigenvalue weighted by Crippen LogP contribution is -2.03. The van der Waals surface area contributed by atoms with Gasteiger partial charge in [0.1, 0.15) is 4.21 Å². The maximum Gasteiger partial charge on any atom is 0.189 e. The molecule has 0 aliphatic rings. The van der Waals surface area contributed by atoms with Crippen LogP contribution in [0.1, 0.15) is 13.3 Å². The van der Waals surface area contributed by atoms with Crippen molar-refractivity contribution in [3.05, 3.63) is 10.7 Å². The number of thiazole rings is 1. The summed E-state index contributed by atoms with van der Waals surface area (Å²) in [5.41, 5.74) is 0. The van der Waals surface area contributed by atoms with Crippen molar-refractivity contribution in [3.63, 3.8) is 0 Å². The third-order valence-electron chi connectivity index (χ3n) is 1.24. The van der Waals surface area contributed by atoms with Gasteiger partial charge in [-0.2, -0.15) is 0 Å². The lowest BCUT2D eigenvalue weighted by atomic mass is 10.6. The van der Waals surface area contributed by atoms with Gasteiger partial charge in [-0.1, -0.05) is 29.9 Å². The summed E-state index contributed by atoms with van der Waals surface area (Å²) < 4.78 is 23.2. The maximum atomic E-state index is 11.4. The molecule has 6 heteroatoms. The van der Waals surface area contributed by atoms with Crippen molar-refractivity contribution in [1.29, 1.82) is 0 Å².